The average molecular weight is 326 g/mol. The molecule has 0 aliphatic carbocycles. The molecule has 0 saturated heterocycles. The van der Waals surface area contributed by atoms with E-state index in [-0.39, 0.29) is 17.5 Å². The summed E-state index contributed by atoms with van der Waals surface area (Å²) in [5.41, 5.74) is -0.110. The molecular weight excluding hydrogens is 314 g/mol. The van der Waals surface area contributed by atoms with Gasteiger partial charge in [-0.1, -0.05) is 18.2 Å². The lowest BCUT2D eigenvalue weighted by Gasteiger charge is -2.09. The zero-order valence-electron chi connectivity index (χ0n) is 10.2. The summed E-state index contributed by atoms with van der Waals surface area (Å²) in [6.45, 7) is 0.744. The van der Waals surface area contributed by atoms with Crippen LogP contribution in [0.1, 0.15) is 16.0 Å². The van der Waals surface area contributed by atoms with Crippen molar-refractivity contribution in [2.45, 2.75) is 19.3 Å². The fourth-order valence-corrected chi connectivity index (χ4v) is 2.33. The summed E-state index contributed by atoms with van der Waals surface area (Å²) in [6, 6.07) is 8.17. The Bertz CT molecular complexity index is 553. The fourth-order valence-electron chi connectivity index (χ4n) is 1.63. The fraction of sp³-hybridized carbons (Fsp3) is 0.231. The molecule has 0 aliphatic heterocycles. The van der Waals surface area contributed by atoms with Gasteiger partial charge in [-0.3, -0.25) is 0 Å². The second-order valence-electron chi connectivity index (χ2n) is 4.01. The number of alkyl halides is 3. The summed E-state index contributed by atoms with van der Waals surface area (Å²) >= 11 is 1.02. The van der Waals surface area contributed by atoms with Gasteiger partial charge in [0.2, 0.25) is 0 Å². The normalized spacial score (nSPS) is 11.2. The third-order valence-electron chi connectivity index (χ3n) is 2.51. The lowest BCUT2D eigenvalue weighted by molar-refractivity contribution is -0.137. The van der Waals surface area contributed by atoms with Crippen LogP contribution < -0.4 is 5.32 Å². The molecule has 0 fully saturated rings. The first-order valence-electron chi connectivity index (χ1n) is 5.56. The van der Waals surface area contributed by atoms with Gasteiger partial charge >= 0.3 is 6.18 Å². The molecule has 0 spiro atoms. The van der Waals surface area contributed by atoms with Crippen molar-refractivity contribution in [3.05, 3.63) is 57.5 Å². The van der Waals surface area contributed by atoms with E-state index in [1.165, 1.54) is 12.1 Å². The van der Waals surface area contributed by atoms with Crippen molar-refractivity contribution in [1.82, 2.24) is 5.32 Å². The molecule has 1 N–H and O–H groups in total. The molecule has 1 heterocycles. The van der Waals surface area contributed by atoms with Gasteiger partial charge in [0.1, 0.15) is 0 Å². The zero-order chi connectivity index (χ0) is 13.9. The third-order valence-corrected chi connectivity index (χ3v) is 3.39. The molecule has 2 aromatic rings. The first-order chi connectivity index (χ1) is 8.95. The number of nitrogens with one attached hydrogen (secondary N) is 1. The minimum Gasteiger partial charge on any atom is -0.308 e. The van der Waals surface area contributed by atoms with E-state index in [2.05, 4.69) is 5.32 Å². The summed E-state index contributed by atoms with van der Waals surface area (Å²) in [6.07, 6.45) is -4.33. The van der Waals surface area contributed by atoms with E-state index in [1.807, 2.05) is 0 Å². The molecule has 1 nitrogen and oxygen atoms in total. The molecule has 110 valence electrons. The Morgan fingerprint density at radius 1 is 1.05 bits per heavy atom. The largest absolute Gasteiger partial charge is 0.416 e. The molecular formula is C13H12ClF4NS. The summed E-state index contributed by atoms with van der Waals surface area (Å²) in [5, 5.41) is 2.72. The van der Waals surface area contributed by atoms with Crippen LogP contribution in [0.2, 0.25) is 0 Å². The number of thiophene rings is 1. The Balaban J connectivity index is 0.00000200. The van der Waals surface area contributed by atoms with Crippen LogP contribution in [-0.2, 0) is 19.3 Å². The van der Waals surface area contributed by atoms with Crippen molar-refractivity contribution in [3.8, 4) is 0 Å². The van der Waals surface area contributed by atoms with Crippen LogP contribution in [0, 0.1) is 5.13 Å². The Morgan fingerprint density at radius 3 is 2.40 bits per heavy atom. The minimum absolute atomic E-state index is 0. The summed E-state index contributed by atoms with van der Waals surface area (Å²) in [5.74, 6) is 0. The first-order valence-corrected chi connectivity index (χ1v) is 6.38. The van der Waals surface area contributed by atoms with Gasteiger partial charge in [-0.2, -0.15) is 17.6 Å². The average Bonchev–Trinajstić information content (AvgIpc) is 2.74. The van der Waals surface area contributed by atoms with E-state index < -0.39 is 11.7 Å². The van der Waals surface area contributed by atoms with Crippen LogP contribution in [0.25, 0.3) is 0 Å². The molecule has 0 unspecified atom stereocenters. The standard InChI is InChI=1S/C13H11F4NS.ClH/c14-12-5-4-11(19-12)8-18-7-9-2-1-3-10(6-9)13(15,16)17;/h1-6,18H,7-8H2;1H. The van der Waals surface area contributed by atoms with Crippen LogP contribution in [0.5, 0.6) is 0 Å². The van der Waals surface area contributed by atoms with Crippen LogP contribution in [0.4, 0.5) is 17.6 Å². The highest BCUT2D eigenvalue weighted by atomic mass is 35.5. The summed E-state index contributed by atoms with van der Waals surface area (Å²) in [4.78, 5) is 0.810. The van der Waals surface area contributed by atoms with Gasteiger partial charge in [0, 0.05) is 18.0 Å². The lowest BCUT2D eigenvalue weighted by atomic mass is 10.1. The van der Waals surface area contributed by atoms with E-state index in [0.717, 1.165) is 28.3 Å². The molecule has 0 saturated carbocycles. The van der Waals surface area contributed by atoms with E-state index in [9.17, 15) is 17.6 Å². The molecule has 7 heteroatoms. The Labute approximate surface area is 124 Å². The second-order valence-corrected chi connectivity index (χ2v) is 5.13. The molecule has 0 aliphatic rings. The molecule has 1 aromatic heterocycles. The van der Waals surface area contributed by atoms with Gasteiger partial charge in [-0.25, -0.2) is 0 Å². The van der Waals surface area contributed by atoms with E-state index >= 15 is 0 Å². The van der Waals surface area contributed by atoms with E-state index in [1.54, 1.807) is 12.1 Å². The number of rotatable bonds is 4. The maximum Gasteiger partial charge on any atom is 0.416 e. The number of halogens is 5. The smallest absolute Gasteiger partial charge is 0.308 e. The van der Waals surface area contributed by atoms with Crippen LogP contribution in [-0.4, -0.2) is 0 Å². The maximum atomic E-state index is 12.7. The zero-order valence-corrected chi connectivity index (χ0v) is 11.8. The molecule has 2 rings (SSSR count). The van der Waals surface area contributed by atoms with Crippen molar-refractivity contribution in [3.63, 3.8) is 0 Å². The van der Waals surface area contributed by atoms with Gasteiger partial charge < -0.3 is 5.32 Å². The first kappa shape index (κ1) is 16.9. The monoisotopic (exact) mass is 325 g/mol. The van der Waals surface area contributed by atoms with Crippen molar-refractivity contribution >= 4 is 23.7 Å². The van der Waals surface area contributed by atoms with Crippen molar-refractivity contribution in [1.29, 1.82) is 0 Å². The lowest BCUT2D eigenvalue weighted by Crippen LogP contribution is -2.13. The van der Waals surface area contributed by atoms with Gasteiger partial charge in [-0.15, -0.1) is 23.7 Å². The molecule has 1 aromatic carbocycles. The van der Waals surface area contributed by atoms with Crippen LogP contribution in [0.3, 0.4) is 0 Å². The van der Waals surface area contributed by atoms with Crippen LogP contribution in [0.15, 0.2) is 36.4 Å². The molecule has 0 atom stereocenters. The Morgan fingerprint density at radius 2 is 1.80 bits per heavy atom. The highest BCUT2D eigenvalue weighted by molar-refractivity contribution is 7.10. The third kappa shape index (κ3) is 4.77. The van der Waals surface area contributed by atoms with Crippen molar-refractivity contribution < 1.29 is 17.6 Å². The predicted molar refractivity (Wildman–Crippen MR) is 73.5 cm³/mol. The molecule has 20 heavy (non-hydrogen) atoms. The maximum absolute atomic E-state index is 12.7. The highest BCUT2D eigenvalue weighted by Gasteiger charge is 2.30. The van der Waals surface area contributed by atoms with Crippen molar-refractivity contribution in [2.24, 2.45) is 0 Å². The number of hydrogen-bond donors (Lipinski definition) is 1. The second kappa shape index (κ2) is 7.06. The minimum atomic E-state index is -4.33. The Hall–Kier alpha value is -1.11. The van der Waals surface area contributed by atoms with Crippen molar-refractivity contribution in [2.75, 3.05) is 0 Å². The van der Waals surface area contributed by atoms with Crippen LogP contribution >= 0.6 is 23.7 Å². The van der Waals surface area contributed by atoms with Gasteiger partial charge in [0.15, 0.2) is 5.13 Å². The Kier molecular flexibility index (Phi) is 5.98. The quantitative estimate of drug-likeness (QED) is 0.809. The number of benzene rings is 1. The van der Waals surface area contributed by atoms with E-state index in [4.69, 9.17) is 0 Å². The summed E-state index contributed by atoms with van der Waals surface area (Å²) in [7, 11) is 0. The molecule has 0 amide bonds. The SMILES string of the molecule is Cl.Fc1ccc(CNCc2cccc(C(F)(F)F)c2)s1. The van der Waals surface area contributed by atoms with Gasteiger partial charge in [-0.05, 0) is 23.8 Å². The number of hydrogen-bond acceptors (Lipinski definition) is 2. The molecule has 0 radical (unpaired) electrons. The topological polar surface area (TPSA) is 12.0 Å². The summed E-state index contributed by atoms with van der Waals surface area (Å²) < 4.78 is 50.2. The molecule has 0 bridgehead atoms. The van der Waals surface area contributed by atoms with Gasteiger partial charge in [0.05, 0.1) is 5.56 Å². The highest BCUT2D eigenvalue weighted by Crippen LogP contribution is 2.29. The van der Waals surface area contributed by atoms with Gasteiger partial charge in [0.25, 0.3) is 0 Å². The predicted octanol–water partition coefficient (Wildman–Crippen LogP) is 4.62. The van der Waals surface area contributed by atoms with E-state index in [0.29, 0.717) is 18.7 Å².